The SMILES string of the molecule is CCO.CCO.CCO.CCO.[Cs]. The zero-order valence-corrected chi connectivity index (χ0v) is 15.9. The minimum atomic E-state index is 0. The van der Waals surface area contributed by atoms with E-state index in [-0.39, 0.29) is 95.3 Å². The molecule has 4 nitrogen and oxygen atoms in total. The molecule has 0 amide bonds. The smallest absolute Gasteiger partial charge is 0.0402 e. The van der Waals surface area contributed by atoms with E-state index in [1.807, 2.05) is 0 Å². The molecule has 0 rings (SSSR count). The molecule has 0 saturated carbocycles. The molecule has 0 aliphatic carbocycles. The summed E-state index contributed by atoms with van der Waals surface area (Å²) in [6.45, 7) is 7.72. The van der Waals surface area contributed by atoms with Crippen LogP contribution in [0.4, 0.5) is 0 Å². The van der Waals surface area contributed by atoms with Crippen molar-refractivity contribution in [2.45, 2.75) is 27.7 Å². The molecule has 0 aromatic rings. The summed E-state index contributed by atoms with van der Waals surface area (Å²) >= 11 is 0. The van der Waals surface area contributed by atoms with Gasteiger partial charge in [-0.25, -0.2) is 0 Å². The molecule has 0 aromatic carbocycles. The van der Waals surface area contributed by atoms with Crippen molar-refractivity contribution in [2.75, 3.05) is 26.4 Å². The van der Waals surface area contributed by atoms with E-state index >= 15 is 0 Å². The first-order valence-corrected chi connectivity index (χ1v) is 4.09. The van der Waals surface area contributed by atoms with Crippen molar-refractivity contribution in [1.29, 1.82) is 0 Å². The quantitative estimate of drug-likeness (QED) is 0.491. The molecular weight excluding hydrogens is 293 g/mol. The molecule has 0 saturated heterocycles. The van der Waals surface area contributed by atoms with E-state index in [0.29, 0.717) is 0 Å². The summed E-state index contributed by atoms with van der Waals surface area (Å²) in [4.78, 5) is 0. The van der Waals surface area contributed by atoms with Gasteiger partial charge in [0.15, 0.2) is 0 Å². The van der Waals surface area contributed by atoms with E-state index in [1.54, 1.807) is 27.7 Å². The molecule has 0 unspecified atom stereocenters. The zero-order chi connectivity index (χ0) is 10.8. The van der Waals surface area contributed by atoms with Crippen molar-refractivity contribution in [3.63, 3.8) is 0 Å². The number of rotatable bonds is 0. The second-order valence-electron chi connectivity index (χ2n) is 1.26. The van der Waals surface area contributed by atoms with Gasteiger partial charge in [0.1, 0.15) is 0 Å². The number of aliphatic hydroxyl groups excluding tert-OH is 4. The number of aliphatic hydroxyl groups is 4. The normalized spacial score (nSPS) is 5.54. The molecule has 0 aliphatic rings. The largest absolute Gasteiger partial charge is 0.397 e. The molecule has 13 heavy (non-hydrogen) atoms. The van der Waals surface area contributed by atoms with Crippen molar-refractivity contribution < 1.29 is 20.4 Å². The fourth-order valence-corrected chi connectivity index (χ4v) is 0. The van der Waals surface area contributed by atoms with E-state index in [2.05, 4.69) is 0 Å². The van der Waals surface area contributed by atoms with Crippen LogP contribution < -0.4 is 0 Å². The van der Waals surface area contributed by atoms with Gasteiger partial charge in [0.25, 0.3) is 0 Å². The third-order valence-corrected chi connectivity index (χ3v) is 0. The van der Waals surface area contributed by atoms with Gasteiger partial charge in [-0.1, -0.05) is 0 Å². The summed E-state index contributed by atoms with van der Waals surface area (Å²) in [5.74, 6) is 0. The second kappa shape index (κ2) is 66.5. The average Bonchev–Trinajstić information content (AvgIpc) is 1.92. The van der Waals surface area contributed by atoms with Gasteiger partial charge >= 0.3 is 0 Å². The van der Waals surface area contributed by atoms with Gasteiger partial charge in [0, 0.05) is 95.3 Å². The van der Waals surface area contributed by atoms with Gasteiger partial charge in [-0.2, -0.15) is 0 Å². The van der Waals surface area contributed by atoms with Crippen molar-refractivity contribution in [1.82, 2.24) is 0 Å². The van der Waals surface area contributed by atoms with Gasteiger partial charge in [0.05, 0.1) is 0 Å². The first-order valence-electron chi connectivity index (χ1n) is 4.09. The summed E-state index contributed by atoms with van der Waals surface area (Å²) in [6, 6.07) is 0. The predicted molar refractivity (Wildman–Crippen MR) is 56.8 cm³/mol. The maximum atomic E-state index is 7.57. The summed E-state index contributed by atoms with van der Waals surface area (Å²) in [7, 11) is 0. The molecule has 0 heterocycles. The van der Waals surface area contributed by atoms with Crippen molar-refractivity contribution in [3.05, 3.63) is 0 Å². The van der Waals surface area contributed by atoms with Crippen LogP contribution >= 0.6 is 0 Å². The molecule has 5 heteroatoms. The first kappa shape index (κ1) is 29.4. The summed E-state index contributed by atoms with van der Waals surface area (Å²) in [6.07, 6.45) is 0. The predicted octanol–water partition coefficient (Wildman–Crippen LogP) is -0.386. The van der Waals surface area contributed by atoms with E-state index in [4.69, 9.17) is 20.4 Å². The fourth-order valence-electron chi connectivity index (χ4n) is 0. The number of hydrogen-bond donors (Lipinski definition) is 4. The molecular formula is C8H24CsO4. The fraction of sp³-hybridized carbons (Fsp3) is 1.00. The van der Waals surface area contributed by atoms with Crippen LogP contribution in [-0.2, 0) is 0 Å². The monoisotopic (exact) mass is 317 g/mol. The van der Waals surface area contributed by atoms with Crippen molar-refractivity contribution in [2.24, 2.45) is 0 Å². The Bertz CT molecular complexity index is 24.1. The van der Waals surface area contributed by atoms with Crippen LogP contribution in [0.3, 0.4) is 0 Å². The Morgan fingerprint density at radius 3 is 0.538 bits per heavy atom. The second-order valence-corrected chi connectivity index (χ2v) is 1.26. The Balaban J connectivity index is -0.0000000213. The molecule has 0 atom stereocenters. The molecule has 0 aromatic heterocycles. The van der Waals surface area contributed by atoms with E-state index < -0.39 is 0 Å². The molecule has 1 radical (unpaired) electrons. The van der Waals surface area contributed by atoms with Crippen LogP contribution in [0.5, 0.6) is 0 Å². The van der Waals surface area contributed by atoms with Gasteiger partial charge in [0.2, 0.25) is 0 Å². The van der Waals surface area contributed by atoms with Crippen molar-refractivity contribution in [3.8, 4) is 0 Å². The molecule has 0 spiro atoms. The van der Waals surface area contributed by atoms with Crippen LogP contribution in [0.15, 0.2) is 0 Å². The van der Waals surface area contributed by atoms with Crippen LogP contribution in [0.2, 0.25) is 0 Å². The maximum absolute atomic E-state index is 7.57. The summed E-state index contributed by atoms with van der Waals surface area (Å²) in [5.41, 5.74) is 0. The molecule has 0 bridgehead atoms. The summed E-state index contributed by atoms with van der Waals surface area (Å²) in [5, 5.41) is 30.3. The Labute approximate surface area is 141 Å². The van der Waals surface area contributed by atoms with Gasteiger partial charge < -0.3 is 20.4 Å². The summed E-state index contributed by atoms with van der Waals surface area (Å²) < 4.78 is 0. The Morgan fingerprint density at radius 2 is 0.538 bits per heavy atom. The first-order chi connectivity index (χ1) is 5.66. The van der Waals surface area contributed by atoms with Crippen LogP contribution in [0.1, 0.15) is 27.7 Å². The van der Waals surface area contributed by atoms with Crippen LogP contribution in [0, 0.1) is 0 Å². The Hall–Kier alpha value is 1.89. The topological polar surface area (TPSA) is 80.9 Å². The Morgan fingerprint density at radius 1 is 0.538 bits per heavy atom. The van der Waals surface area contributed by atoms with Gasteiger partial charge in [-0.15, -0.1) is 0 Å². The van der Waals surface area contributed by atoms with Crippen molar-refractivity contribution >= 4 is 68.9 Å². The Kier molecular flexibility index (Phi) is 150. The van der Waals surface area contributed by atoms with Gasteiger partial charge in [-0.05, 0) is 27.7 Å². The van der Waals surface area contributed by atoms with Crippen LogP contribution in [0.25, 0.3) is 0 Å². The van der Waals surface area contributed by atoms with E-state index in [1.165, 1.54) is 0 Å². The van der Waals surface area contributed by atoms with E-state index in [0.717, 1.165) is 0 Å². The number of hydrogen-bond acceptors (Lipinski definition) is 4. The minimum Gasteiger partial charge on any atom is -0.397 e. The van der Waals surface area contributed by atoms with Crippen LogP contribution in [-0.4, -0.2) is 116 Å². The maximum Gasteiger partial charge on any atom is 0.0402 e. The molecule has 81 valence electrons. The standard InChI is InChI=1S/4C2H6O.Cs/c4*1-2-3;/h4*3H,2H2,1H3;. The molecule has 0 aliphatic heterocycles. The average molecular weight is 317 g/mol. The van der Waals surface area contributed by atoms with E-state index in [9.17, 15) is 0 Å². The third-order valence-electron chi connectivity index (χ3n) is 0. The zero-order valence-electron chi connectivity index (χ0n) is 9.62. The molecule has 4 N–H and O–H groups in total. The van der Waals surface area contributed by atoms with Gasteiger partial charge in [-0.3, -0.25) is 0 Å². The third kappa shape index (κ3) is 549. The minimum absolute atomic E-state index is 0. The molecule has 0 fully saturated rings.